The van der Waals surface area contributed by atoms with Crippen LogP contribution in [0.5, 0.6) is 0 Å². The number of oxazole rings is 1. The van der Waals surface area contributed by atoms with Crippen molar-refractivity contribution < 1.29 is 8.81 Å². The summed E-state index contributed by atoms with van der Waals surface area (Å²) in [6.45, 7) is 0. The highest BCUT2D eigenvalue weighted by Crippen LogP contribution is 2.26. The summed E-state index contributed by atoms with van der Waals surface area (Å²) < 4.78 is 18.7. The zero-order chi connectivity index (χ0) is 17.9. The SMILES string of the molecule is N#CC(=CNc1ccc2oc(-c3ccc(F)cc3)nc2c1)c1nn[nH]n1. The minimum absolute atomic E-state index is 0.195. The molecule has 2 aromatic carbocycles. The molecule has 2 aromatic heterocycles. The molecule has 0 saturated heterocycles. The number of nitrogens with zero attached hydrogens (tertiary/aromatic N) is 5. The molecule has 0 amide bonds. The molecule has 2 N–H and O–H groups in total. The number of hydrogen-bond donors (Lipinski definition) is 2. The number of aromatic amines is 1. The Bertz CT molecular complexity index is 1120. The Balaban J connectivity index is 1.62. The lowest BCUT2D eigenvalue weighted by atomic mass is 10.2. The molecule has 0 atom stereocenters. The number of nitriles is 1. The standard InChI is InChI=1S/C17H10FN7O/c18-12-3-1-10(2-4-12)17-21-14-7-13(5-6-15(14)26-17)20-9-11(8-19)16-22-24-25-23-16/h1-7,9,20H,(H,22,23,24,25). The molecule has 2 heterocycles. The Hall–Kier alpha value is -4.06. The van der Waals surface area contributed by atoms with Crippen molar-refractivity contribution in [2.45, 2.75) is 0 Å². The number of halogens is 1. The highest BCUT2D eigenvalue weighted by atomic mass is 19.1. The second kappa shape index (κ2) is 6.45. The van der Waals surface area contributed by atoms with Gasteiger partial charge in [-0.05, 0) is 47.7 Å². The predicted octanol–water partition coefficient (Wildman–Crippen LogP) is 3.12. The van der Waals surface area contributed by atoms with Crippen molar-refractivity contribution in [2.24, 2.45) is 0 Å². The van der Waals surface area contributed by atoms with Gasteiger partial charge >= 0.3 is 0 Å². The van der Waals surface area contributed by atoms with Crippen LogP contribution < -0.4 is 5.32 Å². The molecule has 9 heteroatoms. The van der Waals surface area contributed by atoms with E-state index in [1.54, 1.807) is 30.3 Å². The fraction of sp³-hybridized carbons (Fsp3) is 0. The number of anilines is 1. The second-order valence-corrected chi connectivity index (χ2v) is 5.26. The van der Waals surface area contributed by atoms with Gasteiger partial charge in [-0.2, -0.15) is 10.5 Å². The lowest BCUT2D eigenvalue weighted by Gasteiger charge is -2.00. The van der Waals surface area contributed by atoms with Gasteiger partial charge in [0.2, 0.25) is 11.7 Å². The van der Waals surface area contributed by atoms with Crippen molar-refractivity contribution in [1.82, 2.24) is 25.6 Å². The van der Waals surface area contributed by atoms with Crippen LogP contribution in [0.15, 0.2) is 53.1 Å². The fourth-order valence-electron chi connectivity index (χ4n) is 2.31. The smallest absolute Gasteiger partial charge is 0.227 e. The number of hydrogen-bond acceptors (Lipinski definition) is 7. The van der Waals surface area contributed by atoms with Crippen LogP contribution in [-0.4, -0.2) is 25.6 Å². The Morgan fingerprint density at radius 1 is 1.23 bits per heavy atom. The van der Waals surface area contributed by atoms with Crippen LogP contribution in [-0.2, 0) is 0 Å². The van der Waals surface area contributed by atoms with Crippen molar-refractivity contribution in [3.05, 3.63) is 60.3 Å². The van der Waals surface area contributed by atoms with Gasteiger partial charge in [-0.25, -0.2) is 9.37 Å². The van der Waals surface area contributed by atoms with Gasteiger partial charge in [-0.15, -0.1) is 10.2 Å². The highest BCUT2D eigenvalue weighted by Gasteiger charge is 2.09. The first-order valence-corrected chi connectivity index (χ1v) is 7.50. The highest BCUT2D eigenvalue weighted by molar-refractivity contribution is 5.81. The Kier molecular flexibility index (Phi) is 3.83. The van der Waals surface area contributed by atoms with Crippen LogP contribution in [0.1, 0.15) is 5.82 Å². The van der Waals surface area contributed by atoms with E-state index in [1.165, 1.54) is 18.3 Å². The molecular weight excluding hydrogens is 337 g/mol. The average molecular weight is 347 g/mol. The summed E-state index contributed by atoms with van der Waals surface area (Å²) in [7, 11) is 0. The molecule has 4 rings (SSSR count). The van der Waals surface area contributed by atoms with E-state index in [4.69, 9.17) is 9.68 Å². The molecule has 0 unspecified atom stereocenters. The number of aromatic nitrogens is 5. The van der Waals surface area contributed by atoms with E-state index in [0.29, 0.717) is 28.2 Å². The van der Waals surface area contributed by atoms with Gasteiger partial charge < -0.3 is 9.73 Å². The molecule has 126 valence electrons. The number of allylic oxidation sites excluding steroid dienone is 1. The Labute approximate surface area is 146 Å². The molecule has 26 heavy (non-hydrogen) atoms. The summed E-state index contributed by atoms with van der Waals surface area (Å²) in [5.74, 6) is 0.274. The molecule has 0 bridgehead atoms. The first kappa shape index (κ1) is 15.5. The largest absolute Gasteiger partial charge is 0.436 e. The predicted molar refractivity (Wildman–Crippen MR) is 90.8 cm³/mol. The van der Waals surface area contributed by atoms with Crippen LogP contribution in [0, 0.1) is 17.1 Å². The number of nitrogens with one attached hydrogen (secondary N) is 2. The first-order valence-electron chi connectivity index (χ1n) is 7.50. The van der Waals surface area contributed by atoms with Gasteiger partial charge in [0, 0.05) is 17.5 Å². The maximum Gasteiger partial charge on any atom is 0.227 e. The molecule has 0 saturated carbocycles. The van der Waals surface area contributed by atoms with Crippen molar-refractivity contribution in [1.29, 1.82) is 5.26 Å². The molecule has 0 spiro atoms. The number of rotatable bonds is 4. The van der Waals surface area contributed by atoms with E-state index in [-0.39, 0.29) is 17.2 Å². The van der Waals surface area contributed by atoms with E-state index >= 15 is 0 Å². The van der Waals surface area contributed by atoms with Gasteiger partial charge in [-0.1, -0.05) is 0 Å². The molecule has 0 aliphatic carbocycles. The van der Waals surface area contributed by atoms with E-state index < -0.39 is 0 Å². The molecule has 0 aliphatic rings. The van der Waals surface area contributed by atoms with Crippen LogP contribution in [0.25, 0.3) is 28.1 Å². The maximum absolute atomic E-state index is 13.0. The molecule has 0 radical (unpaired) electrons. The van der Waals surface area contributed by atoms with Crippen LogP contribution >= 0.6 is 0 Å². The summed E-state index contributed by atoms with van der Waals surface area (Å²) in [5, 5.41) is 25.4. The van der Waals surface area contributed by atoms with Crippen LogP contribution in [0.3, 0.4) is 0 Å². The minimum Gasteiger partial charge on any atom is -0.436 e. The summed E-state index contributed by atoms with van der Waals surface area (Å²) in [5.41, 5.74) is 2.83. The van der Waals surface area contributed by atoms with Crippen molar-refractivity contribution in [3.8, 4) is 17.5 Å². The normalized spacial score (nSPS) is 11.5. The third-order valence-corrected chi connectivity index (χ3v) is 3.57. The molecular formula is C17H10FN7O. The zero-order valence-corrected chi connectivity index (χ0v) is 13.1. The minimum atomic E-state index is -0.321. The first-order chi connectivity index (χ1) is 12.7. The van der Waals surface area contributed by atoms with Crippen molar-refractivity contribution in [3.63, 3.8) is 0 Å². The molecule has 0 aliphatic heterocycles. The number of H-pyrrole nitrogens is 1. The molecule has 8 nitrogen and oxygen atoms in total. The van der Waals surface area contributed by atoms with E-state index in [2.05, 4.69) is 30.9 Å². The quantitative estimate of drug-likeness (QED) is 0.545. The fourth-order valence-corrected chi connectivity index (χ4v) is 2.31. The third kappa shape index (κ3) is 2.99. The van der Waals surface area contributed by atoms with Crippen LogP contribution in [0.2, 0.25) is 0 Å². The lowest BCUT2D eigenvalue weighted by molar-refractivity contribution is 0.616. The molecule has 0 fully saturated rings. The van der Waals surface area contributed by atoms with Gasteiger partial charge in [0.25, 0.3) is 0 Å². The lowest BCUT2D eigenvalue weighted by Crippen LogP contribution is -1.92. The second-order valence-electron chi connectivity index (χ2n) is 5.26. The molecule has 4 aromatic rings. The number of benzene rings is 2. The number of tetrazole rings is 1. The van der Waals surface area contributed by atoms with E-state index in [0.717, 1.165) is 0 Å². The third-order valence-electron chi connectivity index (χ3n) is 3.57. The summed E-state index contributed by atoms with van der Waals surface area (Å²) in [6.07, 6.45) is 1.48. The zero-order valence-electron chi connectivity index (χ0n) is 13.1. The topological polar surface area (TPSA) is 116 Å². The van der Waals surface area contributed by atoms with Crippen molar-refractivity contribution >= 4 is 22.4 Å². The van der Waals surface area contributed by atoms with Crippen LogP contribution in [0.4, 0.5) is 10.1 Å². The summed E-state index contributed by atoms with van der Waals surface area (Å²) >= 11 is 0. The Morgan fingerprint density at radius 2 is 2.08 bits per heavy atom. The van der Waals surface area contributed by atoms with Gasteiger partial charge in [0.05, 0.1) is 0 Å². The maximum atomic E-state index is 13.0. The monoisotopic (exact) mass is 347 g/mol. The summed E-state index contributed by atoms with van der Waals surface area (Å²) in [6, 6.07) is 13.2. The van der Waals surface area contributed by atoms with Gasteiger partial charge in [-0.3, -0.25) is 0 Å². The van der Waals surface area contributed by atoms with Gasteiger partial charge in [0.1, 0.15) is 23.0 Å². The van der Waals surface area contributed by atoms with Gasteiger partial charge in [0.15, 0.2) is 5.58 Å². The number of fused-ring (bicyclic) bond motifs is 1. The summed E-state index contributed by atoms with van der Waals surface area (Å²) in [4.78, 5) is 4.42. The average Bonchev–Trinajstić information content (AvgIpc) is 3.32. The van der Waals surface area contributed by atoms with E-state index in [9.17, 15) is 4.39 Å². The van der Waals surface area contributed by atoms with Crippen molar-refractivity contribution in [2.75, 3.05) is 5.32 Å². The Morgan fingerprint density at radius 3 is 2.81 bits per heavy atom. The van der Waals surface area contributed by atoms with E-state index in [1.807, 2.05) is 6.07 Å².